The van der Waals surface area contributed by atoms with Gasteiger partial charge in [-0.05, 0) is 37.5 Å². The van der Waals surface area contributed by atoms with Gasteiger partial charge in [0.05, 0.1) is 12.2 Å². The summed E-state index contributed by atoms with van der Waals surface area (Å²) < 4.78 is 6.01. The van der Waals surface area contributed by atoms with E-state index in [1.165, 1.54) is 19.3 Å². The summed E-state index contributed by atoms with van der Waals surface area (Å²) >= 11 is 0. The van der Waals surface area contributed by atoms with Crippen molar-refractivity contribution in [3.8, 4) is 0 Å². The molecule has 2 heteroatoms. The van der Waals surface area contributed by atoms with Crippen molar-refractivity contribution in [1.82, 2.24) is 0 Å². The third-order valence-corrected chi connectivity index (χ3v) is 3.24. The molecule has 0 aliphatic heterocycles. The molecule has 1 aliphatic rings. The minimum absolute atomic E-state index is 0.275. The van der Waals surface area contributed by atoms with Crippen LogP contribution in [0, 0.1) is 11.8 Å². The van der Waals surface area contributed by atoms with Crippen molar-refractivity contribution in [3.05, 3.63) is 0 Å². The Morgan fingerprint density at radius 2 is 1.79 bits per heavy atom. The highest BCUT2D eigenvalue weighted by molar-refractivity contribution is 4.76. The van der Waals surface area contributed by atoms with Crippen LogP contribution < -0.4 is 5.73 Å². The molecule has 0 radical (unpaired) electrons. The van der Waals surface area contributed by atoms with Gasteiger partial charge in [0, 0.05) is 6.54 Å². The van der Waals surface area contributed by atoms with E-state index in [2.05, 4.69) is 20.8 Å². The van der Waals surface area contributed by atoms with Gasteiger partial charge in [0.15, 0.2) is 0 Å². The minimum atomic E-state index is 0.275. The van der Waals surface area contributed by atoms with Crippen molar-refractivity contribution in [2.45, 2.75) is 58.7 Å². The summed E-state index contributed by atoms with van der Waals surface area (Å²) in [5.74, 6) is 1.64. The zero-order valence-electron chi connectivity index (χ0n) is 9.83. The summed E-state index contributed by atoms with van der Waals surface area (Å²) in [6.07, 6.45) is 5.58. The van der Waals surface area contributed by atoms with Crippen LogP contribution in [0.15, 0.2) is 0 Å². The largest absolute Gasteiger partial charge is 0.374 e. The average molecular weight is 199 g/mol. The molecule has 1 aliphatic carbocycles. The van der Waals surface area contributed by atoms with Crippen molar-refractivity contribution >= 4 is 0 Å². The molecule has 14 heavy (non-hydrogen) atoms. The highest BCUT2D eigenvalue weighted by Crippen LogP contribution is 2.30. The predicted octanol–water partition coefficient (Wildman–Crippen LogP) is 2.57. The standard InChI is InChI=1S/C12H25NO/c1-4-11(8-13)14-12-6-9(2)5-10(3)7-12/h9-12H,4-8,13H2,1-3H3. The molecule has 2 N–H and O–H groups in total. The van der Waals surface area contributed by atoms with Crippen LogP contribution in [0.25, 0.3) is 0 Å². The quantitative estimate of drug-likeness (QED) is 0.755. The molecule has 0 heterocycles. The highest BCUT2D eigenvalue weighted by Gasteiger charge is 2.25. The van der Waals surface area contributed by atoms with Gasteiger partial charge in [-0.2, -0.15) is 0 Å². The first-order valence-corrected chi connectivity index (χ1v) is 6.01. The number of hydrogen-bond acceptors (Lipinski definition) is 2. The van der Waals surface area contributed by atoms with Crippen LogP contribution in [0.5, 0.6) is 0 Å². The summed E-state index contributed by atoms with van der Waals surface area (Å²) in [4.78, 5) is 0. The third kappa shape index (κ3) is 3.58. The van der Waals surface area contributed by atoms with E-state index in [9.17, 15) is 0 Å². The smallest absolute Gasteiger partial charge is 0.0698 e. The molecule has 1 rings (SSSR count). The van der Waals surface area contributed by atoms with Crippen LogP contribution in [0.1, 0.15) is 46.5 Å². The number of rotatable bonds is 4. The summed E-state index contributed by atoms with van der Waals surface area (Å²) in [7, 11) is 0. The van der Waals surface area contributed by atoms with Gasteiger partial charge in [-0.1, -0.05) is 20.8 Å². The number of ether oxygens (including phenoxy) is 1. The van der Waals surface area contributed by atoms with Gasteiger partial charge in [0.2, 0.25) is 0 Å². The Bertz CT molecular complexity index is 146. The first-order chi connectivity index (χ1) is 6.65. The molecule has 0 aromatic carbocycles. The lowest BCUT2D eigenvalue weighted by atomic mass is 9.81. The average Bonchev–Trinajstić information content (AvgIpc) is 2.12. The molecular formula is C12H25NO. The molecule has 0 amide bonds. The second-order valence-electron chi connectivity index (χ2n) is 4.94. The molecule has 2 nitrogen and oxygen atoms in total. The lowest BCUT2D eigenvalue weighted by Gasteiger charge is -2.33. The molecular weight excluding hydrogens is 174 g/mol. The van der Waals surface area contributed by atoms with E-state index >= 15 is 0 Å². The van der Waals surface area contributed by atoms with E-state index in [1.807, 2.05) is 0 Å². The molecule has 1 saturated carbocycles. The van der Waals surface area contributed by atoms with E-state index in [0.717, 1.165) is 18.3 Å². The Balaban J connectivity index is 2.35. The fraction of sp³-hybridized carbons (Fsp3) is 1.00. The normalized spacial score (nSPS) is 35.6. The van der Waals surface area contributed by atoms with Crippen LogP contribution in [-0.4, -0.2) is 18.8 Å². The Kier molecular flexibility index (Phi) is 4.90. The van der Waals surface area contributed by atoms with E-state index < -0.39 is 0 Å². The van der Waals surface area contributed by atoms with Crippen LogP contribution in [0.4, 0.5) is 0 Å². The van der Waals surface area contributed by atoms with Crippen molar-refractivity contribution < 1.29 is 4.74 Å². The van der Waals surface area contributed by atoms with Gasteiger partial charge in [0.1, 0.15) is 0 Å². The van der Waals surface area contributed by atoms with Gasteiger partial charge in [-0.3, -0.25) is 0 Å². The van der Waals surface area contributed by atoms with Crippen molar-refractivity contribution in [2.75, 3.05) is 6.54 Å². The van der Waals surface area contributed by atoms with Crippen molar-refractivity contribution in [1.29, 1.82) is 0 Å². The second kappa shape index (κ2) is 5.72. The highest BCUT2D eigenvalue weighted by atomic mass is 16.5. The van der Waals surface area contributed by atoms with E-state index in [-0.39, 0.29) is 6.10 Å². The molecule has 0 aromatic rings. The number of nitrogens with two attached hydrogens (primary N) is 1. The summed E-state index contributed by atoms with van der Waals surface area (Å²) in [5.41, 5.74) is 5.64. The molecule has 84 valence electrons. The maximum absolute atomic E-state index is 6.01. The fourth-order valence-corrected chi connectivity index (χ4v) is 2.57. The maximum atomic E-state index is 6.01. The Labute approximate surface area is 88.2 Å². The van der Waals surface area contributed by atoms with Crippen LogP contribution in [-0.2, 0) is 4.74 Å². The molecule has 0 aromatic heterocycles. The lowest BCUT2D eigenvalue weighted by Crippen LogP contribution is -2.33. The third-order valence-electron chi connectivity index (χ3n) is 3.24. The first kappa shape index (κ1) is 12.0. The summed E-state index contributed by atoms with van der Waals surface area (Å²) in [6.45, 7) is 7.47. The van der Waals surface area contributed by atoms with Gasteiger partial charge in [-0.15, -0.1) is 0 Å². The monoisotopic (exact) mass is 199 g/mol. The van der Waals surface area contributed by atoms with E-state index in [1.54, 1.807) is 0 Å². The van der Waals surface area contributed by atoms with Crippen LogP contribution >= 0.6 is 0 Å². The van der Waals surface area contributed by atoms with Crippen LogP contribution in [0.3, 0.4) is 0 Å². The number of hydrogen-bond donors (Lipinski definition) is 1. The fourth-order valence-electron chi connectivity index (χ4n) is 2.57. The molecule has 1 fully saturated rings. The van der Waals surface area contributed by atoms with Gasteiger partial charge in [-0.25, -0.2) is 0 Å². The predicted molar refractivity (Wildman–Crippen MR) is 60.2 cm³/mol. The summed E-state index contributed by atoms with van der Waals surface area (Å²) in [5, 5.41) is 0. The molecule has 0 bridgehead atoms. The SMILES string of the molecule is CCC(CN)OC1CC(C)CC(C)C1. The second-order valence-corrected chi connectivity index (χ2v) is 4.94. The zero-order valence-corrected chi connectivity index (χ0v) is 9.83. The molecule has 3 unspecified atom stereocenters. The Morgan fingerprint density at radius 1 is 1.21 bits per heavy atom. The van der Waals surface area contributed by atoms with Crippen molar-refractivity contribution in [2.24, 2.45) is 17.6 Å². The first-order valence-electron chi connectivity index (χ1n) is 6.01. The topological polar surface area (TPSA) is 35.2 Å². The van der Waals surface area contributed by atoms with E-state index in [0.29, 0.717) is 12.6 Å². The zero-order chi connectivity index (χ0) is 10.6. The van der Waals surface area contributed by atoms with Crippen molar-refractivity contribution in [3.63, 3.8) is 0 Å². The summed E-state index contributed by atoms with van der Waals surface area (Å²) in [6, 6.07) is 0. The maximum Gasteiger partial charge on any atom is 0.0698 e. The molecule has 0 saturated heterocycles. The lowest BCUT2D eigenvalue weighted by molar-refractivity contribution is -0.0459. The molecule has 0 spiro atoms. The Hall–Kier alpha value is -0.0800. The Morgan fingerprint density at radius 3 is 2.21 bits per heavy atom. The van der Waals surface area contributed by atoms with Crippen LogP contribution in [0.2, 0.25) is 0 Å². The minimum Gasteiger partial charge on any atom is -0.374 e. The van der Waals surface area contributed by atoms with E-state index in [4.69, 9.17) is 10.5 Å². The van der Waals surface area contributed by atoms with Gasteiger partial charge < -0.3 is 10.5 Å². The van der Waals surface area contributed by atoms with Gasteiger partial charge >= 0.3 is 0 Å². The van der Waals surface area contributed by atoms with Gasteiger partial charge in [0.25, 0.3) is 0 Å². The molecule has 3 atom stereocenters.